The Hall–Kier alpha value is -3.33. The lowest BCUT2D eigenvalue weighted by molar-refractivity contribution is -0.126. The molecule has 0 fully saturated rings. The quantitative estimate of drug-likeness (QED) is 0.512. The number of halogens is 2. The maximum absolute atomic E-state index is 14.6. The second-order valence-corrected chi connectivity index (χ2v) is 8.45. The smallest absolute Gasteiger partial charge is 0.251 e. The van der Waals surface area contributed by atoms with Crippen molar-refractivity contribution in [3.63, 3.8) is 0 Å². The lowest BCUT2D eigenvalue weighted by atomic mass is 10.1. The number of amides is 2. The van der Waals surface area contributed by atoms with Gasteiger partial charge < -0.3 is 5.32 Å². The van der Waals surface area contributed by atoms with E-state index in [0.717, 1.165) is 16.1 Å². The van der Waals surface area contributed by atoms with Crippen LogP contribution in [0.2, 0.25) is 5.02 Å². The molecule has 8 nitrogen and oxygen atoms in total. The van der Waals surface area contributed by atoms with Gasteiger partial charge in [0.2, 0.25) is 11.7 Å². The van der Waals surface area contributed by atoms with E-state index in [1.807, 2.05) is 13.8 Å². The highest BCUT2D eigenvalue weighted by Gasteiger charge is 2.30. The first-order valence-corrected chi connectivity index (χ1v) is 11.0. The monoisotopic (exact) mass is 472 g/mol. The average Bonchev–Trinajstić information content (AvgIpc) is 3.23. The molecule has 10 heteroatoms. The van der Waals surface area contributed by atoms with Crippen molar-refractivity contribution in [2.24, 2.45) is 5.92 Å². The van der Waals surface area contributed by atoms with Crippen LogP contribution >= 0.6 is 11.6 Å². The molecule has 3 aromatic rings. The maximum atomic E-state index is 14.6. The lowest BCUT2D eigenvalue weighted by Gasteiger charge is -2.28. The zero-order chi connectivity index (χ0) is 24.0. The number of nitrogens with zero attached hydrogens (tertiary/aromatic N) is 5. The minimum absolute atomic E-state index is 0.00653. The first-order valence-electron chi connectivity index (χ1n) is 10.6. The van der Waals surface area contributed by atoms with E-state index in [0.29, 0.717) is 28.9 Å². The summed E-state index contributed by atoms with van der Waals surface area (Å²) < 4.78 is 14.6. The van der Waals surface area contributed by atoms with Crippen LogP contribution in [-0.4, -0.2) is 44.6 Å². The Morgan fingerprint density at radius 2 is 1.82 bits per heavy atom. The minimum Gasteiger partial charge on any atom is -0.354 e. The molecule has 0 aliphatic carbocycles. The first kappa shape index (κ1) is 24.3. The molecule has 2 aromatic carbocycles. The average molecular weight is 473 g/mol. The zero-order valence-electron chi connectivity index (χ0n) is 18.7. The van der Waals surface area contributed by atoms with E-state index in [4.69, 9.17) is 11.6 Å². The van der Waals surface area contributed by atoms with Gasteiger partial charge in [0.25, 0.3) is 5.91 Å². The van der Waals surface area contributed by atoms with Gasteiger partial charge in [-0.1, -0.05) is 37.6 Å². The Balaban J connectivity index is 1.80. The van der Waals surface area contributed by atoms with E-state index in [-0.39, 0.29) is 18.1 Å². The van der Waals surface area contributed by atoms with Crippen molar-refractivity contribution in [3.05, 3.63) is 59.4 Å². The fourth-order valence-electron chi connectivity index (χ4n) is 3.18. The molecule has 0 bridgehead atoms. The normalized spacial score (nSPS) is 11.9. The van der Waals surface area contributed by atoms with Gasteiger partial charge in [-0.2, -0.15) is 4.80 Å². The molecular weight excluding hydrogens is 447 g/mol. The topological polar surface area (TPSA) is 93.0 Å². The summed E-state index contributed by atoms with van der Waals surface area (Å²) in [4.78, 5) is 28.2. The van der Waals surface area contributed by atoms with E-state index in [1.54, 1.807) is 37.3 Å². The van der Waals surface area contributed by atoms with E-state index >= 15 is 0 Å². The standard InChI is InChI=1S/C23H26ClFN6O2/c1-15(2)12-13-26-23(33)16(3)31(20-7-5-4-6-19(20)25)21(32)14-30-28-22(27-29-30)17-8-10-18(24)11-9-17/h4-11,15-16H,12-14H2,1-3H3,(H,26,33)/t16-/m1/s1. The molecule has 0 unspecified atom stereocenters. The van der Waals surface area contributed by atoms with Crippen molar-refractivity contribution >= 4 is 29.1 Å². The van der Waals surface area contributed by atoms with Crippen LogP contribution in [0.5, 0.6) is 0 Å². The van der Waals surface area contributed by atoms with Crippen molar-refractivity contribution < 1.29 is 14.0 Å². The van der Waals surface area contributed by atoms with Crippen LogP contribution in [0.25, 0.3) is 11.4 Å². The molecule has 0 aliphatic rings. The van der Waals surface area contributed by atoms with Crippen LogP contribution in [-0.2, 0) is 16.1 Å². The van der Waals surface area contributed by atoms with E-state index in [2.05, 4.69) is 20.7 Å². The van der Waals surface area contributed by atoms with Crippen molar-refractivity contribution in [2.75, 3.05) is 11.4 Å². The summed E-state index contributed by atoms with van der Waals surface area (Å²) in [6.07, 6.45) is 0.794. The molecule has 0 radical (unpaired) electrons. The number of tetrazole rings is 1. The Morgan fingerprint density at radius 1 is 1.12 bits per heavy atom. The summed E-state index contributed by atoms with van der Waals surface area (Å²) in [5.74, 6) is -0.803. The Labute approximate surface area is 196 Å². The van der Waals surface area contributed by atoms with Crippen molar-refractivity contribution in [1.29, 1.82) is 0 Å². The van der Waals surface area contributed by atoms with E-state index in [1.165, 1.54) is 18.2 Å². The Morgan fingerprint density at radius 3 is 2.48 bits per heavy atom. The third-order valence-corrected chi connectivity index (χ3v) is 5.25. The second kappa shape index (κ2) is 11.0. The highest BCUT2D eigenvalue weighted by atomic mass is 35.5. The number of benzene rings is 2. The minimum atomic E-state index is -0.944. The molecule has 0 saturated heterocycles. The van der Waals surface area contributed by atoms with Crippen molar-refractivity contribution in [1.82, 2.24) is 25.5 Å². The molecule has 33 heavy (non-hydrogen) atoms. The van der Waals surface area contributed by atoms with Gasteiger partial charge in [-0.3, -0.25) is 14.5 Å². The first-order chi connectivity index (χ1) is 15.8. The summed E-state index contributed by atoms with van der Waals surface area (Å²) in [5, 5.41) is 15.5. The number of carbonyl (C=O) groups excluding carboxylic acids is 2. The summed E-state index contributed by atoms with van der Waals surface area (Å²) in [5.41, 5.74) is 0.689. The predicted octanol–water partition coefficient (Wildman–Crippen LogP) is 3.72. The van der Waals surface area contributed by atoms with Gasteiger partial charge in [0.05, 0.1) is 5.69 Å². The van der Waals surface area contributed by atoms with Crippen LogP contribution < -0.4 is 10.2 Å². The lowest BCUT2D eigenvalue weighted by Crippen LogP contribution is -2.50. The fraction of sp³-hybridized carbons (Fsp3) is 0.348. The number of anilines is 1. The molecular formula is C23H26ClFN6O2. The molecule has 0 aliphatic heterocycles. The van der Waals surface area contributed by atoms with Gasteiger partial charge in [-0.25, -0.2) is 4.39 Å². The zero-order valence-corrected chi connectivity index (χ0v) is 19.5. The highest BCUT2D eigenvalue weighted by Crippen LogP contribution is 2.22. The fourth-order valence-corrected chi connectivity index (χ4v) is 3.30. The van der Waals surface area contributed by atoms with Crippen LogP contribution in [0.1, 0.15) is 27.2 Å². The van der Waals surface area contributed by atoms with Crippen LogP contribution in [0, 0.1) is 11.7 Å². The molecule has 1 N–H and O–H groups in total. The number of para-hydroxylation sites is 1. The molecule has 1 heterocycles. The van der Waals surface area contributed by atoms with Gasteiger partial charge in [-0.15, -0.1) is 10.2 Å². The third-order valence-electron chi connectivity index (χ3n) is 5.00. The number of rotatable bonds is 9. The number of aromatic nitrogens is 4. The van der Waals surface area contributed by atoms with Crippen LogP contribution in [0.3, 0.4) is 0 Å². The molecule has 1 atom stereocenters. The number of hydrogen-bond acceptors (Lipinski definition) is 5. The van der Waals surface area contributed by atoms with Crippen LogP contribution in [0.15, 0.2) is 48.5 Å². The number of nitrogens with one attached hydrogen (secondary N) is 1. The van der Waals surface area contributed by atoms with Crippen LogP contribution in [0.4, 0.5) is 10.1 Å². The Kier molecular flexibility index (Phi) is 8.11. The molecule has 3 rings (SSSR count). The highest BCUT2D eigenvalue weighted by molar-refractivity contribution is 6.30. The molecule has 1 aromatic heterocycles. The number of hydrogen-bond donors (Lipinski definition) is 1. The summed E-state index contributed by atoms with van der Waals surface area (Å²) >= 11 is 5.91. The summed E-state index contributed by atoms with van der Waals surface area (Å²) in [7, 11) is 0. The van der Waals surface area contributed by atoms with Gasteiger partial charge in [0, 0.05) is 17.1 Å². The third kappa shape index (κ3) is 6.35. The summed E-state index contributed by atoms with van der Waals surface area (Å²) in [6.45, 7) is 5.80. The molecule has 2 amide bonds. The molecule has 0 spiro atoms. The largest absolute Gasteiger partial charge is 0.354 e. The van der Waals surface area contributed by atoms with Gasteiger partial charge >= 0.3 is 0 Å². The second-order valence-electron chi connectivity index (χ2n) is 8.02. The SMILES string of the molecule is CC(C)CCNC(=O)[C@@H](C)N(C(=O)Cn1nnc(-c2ccc(Cl)cc2)n1)c1ccccc1F. The summed E-state index contributed by atoms with van der Waals surface area (Å²) in [6, 6.07) is 11.7. The van der Waals surface area contributed by atoms with E-state index in [9.17, 15) is 14.0 Å². The van der Waals surface area contributed by atoms with Crippen molar-refractivity contribution in [2.45, 2.75) is 39.8 Å². The molecule has 0 saturated carbocycles. The maximum Gasteiger partial charge on any atom is 0.251 e. The molecule has 174 valence electrons. The predicted molar refractivity (Wildman–Crippen MR) is 124 cm³/mol. The van der Waals surface area contributed by atoms with Gasteiger partial charge in [0.1, 0.15) is 18.4 Å². The van der Waals surface area contributed by atoms with Gasteiger partial charge in [-0.05, 0) is 60.9 Å². The van der Waals surface area contributed by atoms with Crippen molar-refractivity contribution in [3.8, 4) is 11.4 Å². The van der Waals surface area contributed by atoms with Gasteiger partial charge in [0.15, 0.2) is 0 Å². The number of carbonyl (C=O) groups is 2. The Bertz CT molecular complexity index is 1100. The van der Waals surface area contributed by atoms with E-state index < -0.39 is 17.8 Å².